The van der Waals surface area contributed by atoms with Crippen molar-refractivity contribution in [2.24, 2.45) is 0 Å². The normalized spacial score (nSPS) is 13.8. The first kappa shape index (κ1) is 18.9. The molecule has 1 atom stereocenters. The Morgan fingerprint density at radius 3 is 2.69 bits per heavy atom. The maximum atomic E-state index is 12.8. The summed E-state index contributed by atoms with van der Waals surface area (Å²) >= 11 is 0. The lowest BCUT2D eigenvalue weighted by Gasteiger charge is -2.22. The van der Waals surface area contributed by atoms with Crippen LogP contribution in [0.5, 0.6) is 17.2 Å². The van der Waals surface area contributed by atoms with Gasteiger partial charge in [0.05, 0.1) is 24.0 Å². The van der Waals surface area contributed by atoms with E-state index in [-0.39, 0.29) is 29.9 Å². The summed E-state index contributed by atoms with van der Waals surface area (Å²) in [7, 11) is 0. The fourth-order valence-corrected chi connectivity index (χ4v) is 3.51. The van der Waals surface area contributed by atoms with Gasteiger partial charge in [-0.3, -0.25) is 4.79 Å². The summed E-state index contributed by atoms with van der Waals surface area (Å²) in [4.78, 5) is 25.0. The summed E-state index contributed by atoms with van der Waals surface area (Å²) in [5.41, 5.74) is 0.190. The third kappa shape index (κ3) is 3.63. The smallest absolute Gasteiger partial charge is 0.343 e. The van der Waals surface area contributed by atoms with E-state index in [2.05, 4.69) is 0 Å². The zero-order chi connectivity index (χ0) is 20.4. The lowest BCUT2D eigenvalue weighted by molar-refractivity contribution is -0.143. The fourth-order valence-electron chi connectivity index (χ4n) is 3.51. The first-order chi connectivity index (χ1) is 14.1. The van der Waals surface area contributed by atoms with Crippen molar-refractivity contribution in [1.29, 1.82) is 0 Å². The van der Waals surface area contributed by atoms with E-state index in [1.54, 1.807) is 49.4 Å². The number of hydrogen-bond donors (Lipinski definition) is 1. The molecule has 0 saturated carbocycles. The van der Waals surface area contributed by atoms with Crippen LogP contribution in [-0.4, -0.2) is 30.9 Å². The highest BCUT2D eigenvalue weighted by molar-refractivity contribution is 5.84. The highest BCUT2D eigenvalue weighted by Crippen LogP contribution is 2.40. The Kier molecular flexibility index (Phi) is 5.12. The van der Waals surface area contributed by atoms with Gasteiger partial charge in [-0.25, -0.2) is 4.79 Å². The van der Waals surface area contributed by atoms with Crippen LogP contribution in [0.4, 0.5) is 0 Å². The van der Waals surface area contributed by atoms with Crippen LogP contribution in [-0.2, 0) is 9.53 Å². The molecule has 1 aliphatic heterocycles. The quantitative estimate of drug-likeness (QED) is 0.522. The molecular formula is C22H20O7. The van der Waals surface area contributed by atoms with Crippen LogP contribution < -0.4 is 15.1 Å². The Bertz CT molecular complexity index is 1120. The molecule has 4 rings (SSSR count). The number of esters is 1. The number of hydrogen-bond acceptors (Lipinski definition) is 7. The summed E-state index contributed by atoms with van der Waals surface area (Å²) in [6.45, 7) is 2.78. The Balaban J connectivity index is 1.86. The van der Waals surface area contributed by atoms with Crippen molar-refractivity contribution in [2.45, 2.75) is 19.3 Å². The molecule has 7 heteroatoms. The first-order valence-electron chi connectivity index (χ1n) is 9.38. The molecule has 7 nitrogen and oxygen atoms in total. The molecule has 0 radical (unpaired) electrons. The topological polar surface area (TPSA) is 95.2 Å². The minimum atomic E-state index is -0.772. The average molecular weight is 396 g/mol. The molecule has 0 amide bonds. The van der Waals surface area contributed by atoms with Gasteiger partial charge < -0.3 is 23.7 Å². The molecule has 0 spiro atoms. The van der Waals surface area contributed by atoms with E-state index < -0.39 is 17.5 Å². The van der Waals surface area contributed by atoms with Crippen LogP contribution in [0.1, 0.15) is 30.4 Å². The molecule has 1 aliphatic rings. The number of para-hydroxylation sites is 1. The van der Waals surface area contributed by atoms with Crippen molar-refractivity contribution in [1.82, 2.24) is 0 Å². The van der Waals surface area contributed by atoms with Crippen LogP contribution >= 0.6 is 0 Å². The zero-order valence-corrected chi connectivity index (χ0v) is 15.8. The van der Waals surface area contributed by atoms with Gasteiger partial charge in [0.1, 0.15) is 24.5 Å². The lowest BCUT2D eigenvalue weighted by Crippen LogP contribution is -2.19. The molecule has 2 heterocycles. The van der Waals surface area contributed by atoms with Crippen LogP contribution in [0.3, 0.4) is 0 Å². The van der Waals surface area contributed by atoms with Crippen LogP contribution in [0.15, 0.2) is 51.7 Å². The molecule has 0 aliphatic carbocycles. The van der Waals surface area contributed by atoms with Crippen LogP contribution in [0, 0.1) is 0 Å². The molecule has 0 fully saturated rings. The molecule has 0 saturated heterocycles. The van der Waals surface area contributed by atoms with Gasteiger partial charge in [0.25, 0.3) is 0 Å². The zero-order valence-electron chi connectivity index (χ0n) is 15.8. The third-order valence-corrected chi connectivity index (χ3v) is 4.81. The number of benzene rings is 2. The fraction of sp³-hybridized carbons (Fsp3) is 0.273. The molecule has 1 aromatic heterocycles. The number of fused-ring (bicyclic) bond motifs is 2. The molecule has 29 heavy (non-hydrogen) atoms. The van der Waals surface area contributed by atoms with Gasteiger partial charge in [0.2, 0.25) is 0 Å². The van der Waals surface area contributed by atoms with Gasteiger partial charge in [-0.1, -0.05) is 18.2 Å². The second-order valence-corrected chi connectivity index (χ2v) is 6.61. The summed E-state index contributed by atoms with van der Waals surface area (Å²) in [5.74, 6) is -0.358. The SMILES string of the molecule is CCOC(=O)CC(c1ccc2c(c1)OCCO2)c1c(O)c2ccccc2oc1=O. The summed E-state index contributed by atoms with van der Waals surface area (Å²) < 4.78 is 21.7. The Labute approximate surface area is 166 Å². The highest BCUT2D eigenvalue weighted by atomic mass is 16.6. The molecule has 150 valence electrons. The number of carbonyl (C=O) groups excluding carboxylic acids is 1. The van der Waals surface area contributed by atoms with E-state index in [1.807, 2.05) is 0 Å². The lowest BCUT2D eigenvalue weighted by atomic mass is 9.88. The van der Waals surface area contributed by atoms with Gasteiger partial charge in [-0.05, 0) is 36.8 Å². The maximum absolute atomic E-state index is 12.8. The molecule has 1 unspecified atom stereocenters. The highest BCUT2D eigenvalue weighted by Gasteiger charge is 2.28. The van der Waals surface area contributed by atoms with Crippen molar-refractivity contribution >= 4 is 16.9 Å². The Hall–Kier alpha value is -3.48. The standard InChI is InChI=1S/C22H20O7/c1-2-26-19(23)12-15(13-7-8-17-18(11-13)28-10-9-27-17)20-21(24)14-5-3-4-6-16(14)29-22(20)25/h3-8,11,15,24H,2,9-10,12H2,1H3. The minimum absolute atomic E-state index is 0.00781. The van der Waals surface area contributed by atoms with E-state index in [4.69, 9.17) is 18.6 Å². The van der Waals surface area contributed by atoms with Crippen molar-refractivity contribution < 1.29 is 28.5 Å². The molecule has 3 aromatic rings. The van der Waals surface area contributed by atoms with Crippen molar-refractivity contribution in [2.75, 3.05) is 19.8 Å². The van der Waals surface area contributed by atoms with E-state index in [1.165, 1.54) is 0 Å². The average Bonchev–Trinajstić information content (AvgIpc) is 2.73. The van der Waals surface area contributed by atoms with Gasteiger partial charge in [-0.2, -0.15) is 0 Å². The number of rotatable bonds is 5. The second kappa shape index (κ2) is 7.87. The molecule has 2 aromatic carbocycles. The Morgan fingerprint density at radius 1 is 1.14 bits per heavy atom. The second-order valence-electron chi connectivity index (χ2n) is 6.61. The van der Waals surface area contributed by atoms with Gasteiger partial charge in [0, 0.05) is 5.92 Å². The van der Waals surface area contributed by atoms with Crippen LogP contribution in [0.25, 0.3) is 11.0 Å². The van der Waals surface area contributed by atoms with Gasteiger partial charge in [0.15, 0.2) is 11.5 Å². The van der Waals surface area contributed by atoms with Crippen LogP contribution in [0.2, 0.25) is 0 Å². The van der Waals surface area contributed by atoms with Crippen molar-refractivity contribution in [3.8, 4) is 17.2 Å². The van der Waals surface area contributed by atoms with E-state index in [0.29, 0.717) is 35.7 Å². The number of ether oxygens (including phenoxy) is 3. The largest absolute Gasteiger partial charge is 0.507 e. The van der Waals surface area contributed by atoms with Crippen molar-refractivity contribution in [3.05, 3.63) is 64.0 Å². The number of aromatic hydroxyl groups is 1. The summed E-state index contributed by atoms with van der Waals surface area (Å²) in [6.07, 6.45) is -0.135. The third-order valence-electron chi connectivity index (χ3n) is 4.81. The monoisotopic (exact) mass is 396 g/mol. The molecular weight excluding hydrogens is 376 g/mol. The first-order valence-corrected chi connectivity index (χ1v) is 9.38. The molecule has 0 bridgehead atoms. The van der Waals surface area contributed by atoms with E-state index in [9.17, 15) is 14.7 Å². The Morgan fingerprint density at radius 2 is 1.90 bits per heavy atom. The summed E-state index contributed by atoms with van der Waals surface area (Å²) in [5, 5.41) is 11.3. The number of carbonyl (C=O) groups is 1. The maximum Gasteiger partial charge on any atom is 0.343 e. The van der Waals surface area contributed by atoms with Gasteiger partial charge in [-0.15, -0.1) is 0 Å². The van der Waals surface area contributed by atoms with E-state index in [0.717, 1.165) is 0 Å². The predicted molar refractivity (Wildman–Crippen MR) is 105 cm³/mol. The van der Waals surface area contributed by atoms with E-state index >= 15 is 0 Å². The van der Waals surface area contributed by atoms with Gasteiger partial charge >= 0.3 is 11.6 Å². The van der Waals surface area contributed by atoms with Crippen molar-refractivity contribution in [3.63, 3.8) is 0 Å². The minimum Gasteiger partial charge on any atom is -0.507 e. The molecule has 1 N–H and O–H groups in total. The predicted octanol–water partition coefficient (Wildman–Crippen LogP) is 3.35. The summed E-state index contributed by atoms with van der Waals surface area (Å²) in [6, 6.07) is 11.9.